The fraction of sp³-hybridized carbons (Fsp3) is 0.786. The van der Waals surface area contributed by atoms with Gasteiger partial charge in [0.15, 0.2) is 9.84 Å². The smallest absolute Gasteiger partial charge is 0.151 e. The SMILES string of the molecule is CC(C)c1nn(C)c(N(C)C)c1CNC1CCS(=O)(=O)C1. The summed E-state index contributed by atoms with van der Waals surface area (Å²) in [5.74, 6) is 1.97. The van der Waals surface area contributed by atoms with Gasteiger partial charge in [0, 0.05) is 39.3 Å². The average Bonchev–Trinajstić information content (AvgIpc) is 2.86. The highest BCUT2D eigenvalue weighted by atomic mass is 32.2. The van der Waals surface area contributed by atoms with E-state index >= 15 is 0 Å². The predicted octanol–water partition coefficient (Wildman–Crippen LogP) is 0.886. The van der Waals surface area contributed by atoms with Crippen molar-refractivity contribution in [2.45, 2.75) is 38.8 Å². The summed E-state index contributed by atoms with van der Waals surface area (Å²) in [6.45, 7) is 4.92. The van der Waals surface area contributed by atoms with Crippen LogP contribution in [0.25, 0.3) is 0 Å². The maximum atomic E-state index is 11.5. The second-order valence-electron chi connectivity index (χ2n) is 6.34. The van der Waals surface area contributed by atoms with Crippen LogP contribution in [-0.4, -0.2) is 49.8 Å². The van der Waals surface area contributed by atoms with Crippen LogP contribution in [0.2, 0.25) is 0 Å². The molecule has 0 spiro atoms. The maximum absolute atomic E-state index is 11.5. The minimum Gasteiger partial charge on any atom is -0.363 e. The van der Waals surface area contributed by atoms with Crippen LogP contribution in [0.1, 0.15) is 37.4 Å². The van der Waals surface area contributed by atoms with E-state index in [4.69, 9.17) is 0 Å². The van der Waals surface area contributed by atoms with Gasteiger partial charge in [0.05, 0.1) is 17.2 Å². The zero-order valence-corrected chi connectivity index (χ0v) is 14.4. The standard InChI is InChI=1S/C14H26N4O2S/c1-10(2)13-12(14(17(3)4)18(5)16-13)8-15-11-6-7-21(19,20)9-11/h10-11,15H,6-9H2,1-5H3. The number of nitrogens with zero attached hydrogens (tertiary/aromatic N) is 3. The van der Waals surface area contributed by atoms with E-state index in [1.807, 2.05) is 25.8 Å². The van der Waals surface area contributed by atoms with Crippen molar-refractivity contribution < 1.29 is 8.42 Å². The van der Waals surface area contributed by atoms with Crippen molar-refractivity contribution in [1.29, 1.82) is 0 Å². The first-order valence-electron chi connectivity index (χ1n) is 7.38. The third-order valence-corrected chi connectivity index (χ3v) is 5.68. The van der Waals surface area contributed by atoms with Gasteiger partial charge in [0.2, 0.25) is 0 Å². The Morgan fingerprint density at radius 2 is 2.10 bits per heavy atom. The van der Waals surface area contributed by atoms with Gasteiger partial charge in [0.25, 0.3) is 0 Å². The van der Waals surface area contributed by atoms with E-state index in [0.29, 0.717) is 24.6 Å². The number of aromatic nitrogens is 2. The lowest BCUT2D eigenvalue weighted by atomic mass is 10.0. The first kappa shape index (κ1) is 16.3. The van der Waals surface area contributed by atoms with E-state index in [9.17, 15) is 8.42 Å². The Balaban J connectivity index is 2.18. The molecule has 0 aromatic carbocycles. The molecular formula is C14H26N4O2S. The molecule has 0 amide bonds. The Hall–Kier alpha value is -1.08. The zero-order valence-electron chi connectivity index (χ0n) is 13.5. The summed E-state index contributed by atoms with van der Waals surface area (Å²) in [7, 11) is 3.12. The predicted molar refractivity (Wildman–Crippen MR) is 85.5 cm³/mol. The van der Waals surface area contributed by atoms with Gasteiger partial charge in [-0.25, -0.2) is 8.42 Å². The molecular weight excluding hydrogens is 288 g/mol. The van der Waals surface area contributed by atoms with Crippen molar-refractivity contribution in [1.82, 2.24) is 15.1 Å². The van der Waals surface area contributed by atoms with Crippen LogP contribution in [0.15, 0.2) is 0 Å². The Morgan fingerprint density at radius 1 is 1.43 bits per heavy atom. The molecule has 1 fully saturated rings. The minimum absolute atomic E-state index is 0.0604. The van der Waals surface area contributed by atoms with E-state index in [0.717, 1.165) is 11.5 Å². The van der Waals surface area contributed by atoms with E-state index in [1.54, 1.807) is 0 Å². The van der Waals surface area contributed by atoms with Crippen molar-refractivity contribution in [2.24, 2.45) is 7.05 Å². The van der Waals surface area contributed by atoms with Crippen molar-refractivity contribution >= 4 is 15.7 Å². The molecule has 1 saturated heterocycles. The first-order valence-corrected chi connectivity index (χ1v) is 9.20. The van der Waals surface area contributed by atoms with Gasteiger partial charge < -0.3 is 10.2 Å². The number of hydrogen-bond donors (Lipinski definition) is 1. The number of nitrogens with one attached hydrogen (secondary N) is 1. The van der Waals surface area contributed by atoms with Gasteiger partial charge in [-0.15, -0.1) is 0 Å². The van der Waals surface area contributed by atoms with Gasteiger partial charge >= 0.3 is 0 Å². The number of sulfone groups is 1. The Morgan fingerprint density at radius 3 is 2.57 bits per heavy atom. The van der Waals surface area contributed by atoms with Crippen molar-refractivity contribution in [3.8, 4) is 0 Å². The highest BCUT2D eigenvalue weighted by molar-refractivity contribution is 7.91. The lowest BCUT2D eigenvalue weighted by Crippen LogP contribution is -2.30. The summed E-state index contributed by atoms with van der Waals surface area (Å²) in [6, 6.07) is 0.0604. The van der Waals surface area contributed by atoms with Crippen LogP contribution >= 0.6 is 0 Å². The topological polar surface area (TPSA) is 67.2 Å². The average molecular weight is 314 g/mol. The lowest BCUT2D eigenvalue weighted by molar-refractivity contribution is 0.551. The van der Waals surface area contributed by atoms with E-state index in [-0.39, 0.29) is 11.8 Å². The molecule has 0 radical (unpaired) electrons. The highest BCUT2D eigenvalue weighted by Gasteiger charge is 2.28. The first-order chi connectivity index (χ1) is 9.71. The second-order valence-corrected chi connectivity index (χ2v) is 8.57. The second kappa shape index (κ2) is 5.96. The Bertz CT molecular complexity index is 605. The molecule has 1 aromatic heterocycles. The highest BCUT2D eigenvalue weighted by Crippen LogP contribution is 2.27. The molecule has 1 aromatic rings. The summed E-state index contributed by atoms with van der Waals surface area (Å²) in [4.78, 5) is 2.06. The van der Waals surface area contributed by atoms with Crippen LogP contribution in [-0.2, 0) is 23.4 Å². The quantitative estimate of drug-likeness (QED) is 0.874. The summed E-state index contributed by atoms with van der Waals surface area (Å²) >= 11 is 0. The molecule has 2 rings (SSSR count). The van der Waals surface area contributed by atoms with Crippen LogP contribution < -0.4 is 10.2 Å². The summed E-state index contributed by atoms with van der Waals surface area (Å²) in [6.07, 6.45) is 0.705. The molecule has 7 heteroatoms. The van der Waals surface area contributed by atoms with E-state index in [2.05, 4.69) is 29.2 Å². The summed E-state index contributed by atoms with van der Waals surface area (Å²) in [5, 5.41) is 8.02. The largest absolute Gasteiger partial charge is 0.363 e. The van der Waals surface area contributed by atoms with Crippen LogP contribution in [0.5, 0.6) is 0 Å². The molecule has 0 aliphatic carbocycles. The molecule has 0 bridgehead atoms. The third kappa shape index (κ3) is 3.58. The van der Waals surface area contributed by atoms with Gasteiger partial charge in [-0.05, 0) is 12.3 Å². The molecule has 0 saturated carbocycles. The van der Waals surface area contributed by atoms with Crippen LogP contribution in [0.4, 0.5) is 5.82 Å². The number of aryl methyl sites for hydroxylation is 1. The zero-order chi connectivity index (χ0) is 15.8. The molecule has 1 aliphatic heterocycles. The Labute approximate surface area is 127 Å². The molecule has 1 atom stereocenters. The summed E-state index contributed by atoms with van der Waals surface area (Å²) < 4.78 is 25.0. The number of anilines is 1. The van der Waals surface area contributed by atoms with Crippen LogP contribution in [0.3, 0.4) is 0 Å². The van der Waals surface area contributed by atoms with Gasteiger partial charge in [-0.1, -0.05) is 13.8 Å². The Kier molecular flexibility index (Phi) is 4.63. The molecule has 21 heavy (non-hydrogen) atoms. The van der Waals surface area contributed by atoms with Crippen molar-refractivity contribution in [2.75, 3.05) is 30.5 Å². The molecule has 6 nitrogen and oxygen atoms in total. The fourth-order valence-corrected chi connectivity index (χ4v) is 4.68. The normalized spacial score (nSPS) is 21.1. The van der Waals surface area contributed by atoms with Crippen molar-refractivity contribution in [3.05, 3.63) is 11.3 Å². The molecule has 1 unspecified atom stereocenters. The third-order valence-electron chi connectivity index (χ3n) is 3.91. The minimum atomic E-state index is -2.84. The van der Waals surface area contributed by atoms with Gasteiger partial charge in [-0.2, -0.15) is 5.10 Å². The van der Waals surface area contributed by atoms with Crippen molar-refractivity contribution in [3.63, 3.8) is 0 Å². The molecule has 1 aliphatic rings. The van der Waals surface area contributed by atoms with Gasteiger partial charge in [-0.3, -0.25) is 4.68 Å². The van der Waals surface area contributed by atoms with Gasteiger partial charge in [0.1, 0.15) is 5.82 Å². The monoisotopic (exact) mass is 314 g/mol. The maximum Gasteiger partial charge on any atom is 0.151 e. The lowest BCUT2D eigenvalue weighted by Gasteiger charge is -2.18. The van der Waals surface area contributed by atoms with Crippen LogP contribution in [0, 0.1) is 0 Å². The molecule has 120 valence electrons. The number of rotatable bonds is 5. The molecule has 2 heterocycles. The summed E-state index contributed by atoms with van der Waals surface area (Å²) in [5.41, 5.74) is 2.25. The number of hydrogen-bond acceptors (Lipinski definition) is 5. The molecule has 1 N–H and O–H groups in total. The fourth-order valence-electron chi connectivity index (χ4n) is 2.97. The van der Waals surface area contributed by atoms with E-state index < -0.39 is 9.84 Å². The van der Waals surface area contributed by atoms with E-state index in [1.165, 1.54) is 5.56 Å².